The second kappa shape index (κ2) is 7.23. The van der Waals surface area contributed by atoms with Crippen LogP contribution in [0, 0.1) is 13.8 Å². The van der Waals surface area contributed by atoms with Crippen LogP contribution in [0.5, 0.6) is 5.75 Å². The van der Waals surface area contributed by atoms with E-state index in [4.69, 9.17) is 4.52 Å². The van der Waals surface area contributed by atoms with Gasteiger partial charge in [-0.1, -0.05) is 23.4 Å². The van der Waals surface area contributed by atoms with Crippen molar-refractivity contribution >= 4 is 22.2 Å². The van der Waals surface area contributed by atoms with Gasteiger partial charge in [0.2, 0.25) is 11.3 Å². The van der Waals surface area contributed by atoms with E-state index in [1.54, 1.807) is 12.1 Å². The molecule has 8 heteroatoms. The van der Waals surface area contributed by atoms with Gasteiger partial charge in [0.1, 0.15) is 11.5 Å². The molecule has 7 nitrogen and oxygen atoms in total. The number of hydrogen-bond acceptors (Lipinski definition) is 4. The van der Waals surface area contributed by atoms with Gasteiger partial charge in [0.15, 0.2) is 0 Å². The number of nitrogens with one attached hydrogen (secondary N) is 1. The molecular formula is C20H19N3O4S. The maximum Gasteiger partial charge on any atom is 0.232 e. The zero-order valence-corrected chi connectivity index (χ0v) is 16.2. The highest BCUT2D eigenvalue weighted by Crippen LogP contribution is 2.39. The lowest BCUT2D eigenvalue weighted by atomic mass is 10.0. The van der Waals surface area contributed by atoms with Crippen molar-refractivity contribution < 1.29 is 18.4 Å². The topological polar surface area (TPSA) is 101 Å². The molecule has 0 aliphatic heterocycles. The monoisotopic (exact) mass is 397 g/mol. The number of nitrogens with zero attached hydrogens (tertiary/aromatic N) is 2. The molecule has 0 spiro atoms. The lowest BCUT2D eigenvalue weighted by molar-refractivity contribution is 0.393. The van der Waals surface area contributed by atoms with Crippen LogP contribution in [0.4, 0.5) is 0 Å². The number of aryl methyl sites for hydroxylation is 2. The lowest BCUT2D eigenvalue weighted by Gasteiger charge is -2.13. The predicted molar refractivity (Wildman–Crippen MR) is 108 cm³/mol. The first-order chi connectivity index (χ1) is 13.5. The van der Waals surface area contributed by atoms with Crippen LogP contribution in [-0.2, 0) is 17.8 Å². The molecule has 144 valence electrons. The minimum Gasteiger partial charge on any atom is -0.508 e. The molecule has 0 saturated heterocycles. The fraction of sp³-hybridized carbons (Fsp3) is 0.150. The fourth-order valence-corrected chi connectivity index (χ4v) is 3.84. The number of rotatable bonds is 5. The summed E-state index contributed by atoms with van der Waals surface area (Å²) < 4.78 is 30.6. The van der Waals surface area contributed by atoms with Crippen LogP contribution in [0.3, 0.4) is 0 Å². The van der Waals surface area contributed by atoms with E-state index in [1.807, 2.05) is 50.2 Å². The van der Waals surface area contributed by atoms with Gasteiger partial charge in [-0.25, -0.2) is 8.93 Å². The molecule has 2 heterocycles. The van der Waals surface area contributed by atoms with Crippen LogP contribution in [0.1, 0.15) is 17.0 Å². The smallest absolute Gasteiger partial charge is 0.232 e. The Morgan fingerprint density at radius 2 is 1.86 bits per heavy atom. The van der Waals surface area contributed by atoms with Crippen LogP contribution in [0.15, 0.2) is 53.1 Å². The molecule has 0 saturated carbocycles. The average molecular weight is 397 g/mol. The molecule has 0 bridgehead atoms. The maximum absolute atomic E-state index is 11.3. The van der Waals surface area contributed by atoms with E-state index in [0.29, 0.717) is 5.76 Å². The highest BCUT2D eigenvalue weighted by atomic mass is 32.2. The summed E-state index contributed by atoms with van der Waals surface area (Å²) in [7, 11) is 0. The molecule has 28 heavy (non-hydrogen) atoms. The van der Waals surface area contributed by atoms with E-state index in [1.165, 1.54) is 0 Å². The van der Waals surface area contributed by atoms with E-state index in [-0.39, 0.29) is 12.3 Å². The molecule has 0 aliphatic rings. The third kappa shape index (κ3) is 3.11. The number of fused-ring (bicyclic) bond motifs is 1. The van der Waals surface area contributed by atoms with Crippen LogP contribution >= 0.6 is 0 Å². The number of benzene rings is 2. The number of phenols is 1. The van der Waals surface area contributed by atoms with Gasteiger partial charge in [-0.15, -0.1) is 0 Å². The number of phenolic OH excluding ortho intramolecular Hbond substituents is 1. The molecule has 0 amide bonds. The fourth-order valence-electron chi connectivity index (χ4n) is 3.57. The summed E-state index contributed by atoms with van der Waals surface area (Å²) in [5, 5.41) is 14.7. The minimum atomic E-state index is -2.14. The van der Waals surface area contributed by atoms with Crippen LogP contribution in [0.25, 0.3) is 27.8 Å². The van der Waals surface area contributed by atoms with Crippen LogP contribution in [-0.4, -0.2) is 23.6 Å². The first kappa shape index (κ1) is 18.4. The van der Waals surface area contributed by atoms with Crippen molar-refractivity contribution in [2.24, 2.45) is 0 Å². The molecule has 4 rings (SSSR count). The number of para-hydroxylation sites is 1. The van der Waals surface area contributed by atoms with E-state index in [9.17, 15) is 13.9 Å². The predicted octanol–water partition coefficient (Wildman–Crippen LogP) is 3.83. The summed E-state index contributed by atoms with van der Waals surface area (Å²) in [6.45, 7) is 3.90. The van der Waals surface area contributed by atoms with Gasteiger partial charge in [0.05, 0.1) is 22.5 Å². The van der Waals surface area contributed by atoms with Gasteiger partial charge in [0.25, 0.3) is 0 Å². The Bertz CT molecular complexity index is 1160. The highest BCUT2D eigenvalue weighted by molar-refractivity contribution is 7.77. The average Bonchev–Trinajstić information content (AvgIpc) is 3.17. The quantitative estimate of drug-likeness (QED) is 0.444. The SMILES string of the molecule is Cc1noc(C)c1-c1c(CNS(=O)O)c2ccccc2n1-c1ccc(O)cc1. The molecule has 0 radical (unpaired) electrons. The van der Waals surface area contributed by atoms with Crippen LogP contribution < -0.4 is 4.72 Å². The number of aromatic hydroxyl groups is 1. The van der Waals surface area contributed by atoms with Crippen molar-refractivity contribution in [3.8, 4) is 22.7 Å². The van der Waals surface area contributed by atoms with Crippen molar-refractivity contribution in [2.45, 2.75) is 20.4 Å². The Hall–Kier alpha value is -2.94. The Morgan fingerprint density at radius 1 is 1.14 bits per heavy atom. The van der Waals surface area contributed by atoms with E-state index >= 15 is 0 Å². The standard InChI is InChI=1S/C20H19N3O4S/c1-12-19(13(2)27-22-12)20-17(11-21-28(25)26)16-5-3-4-6-18(16)23(20)14-7-9-15(24)10-8-14/h3-10,21,24H,11H2,1-2H3,(H,25,26). The second-order valence-electron chi connectivity index (χ2n) is 6.47. The Morgan fingerprint density at radius 3 is 2.50 bits per heavy atom. The van der Waals surface area contributed by atoms with Gasteiger partial charge >= 0.3 is 0 Å². The number of hydrogen-bond donors (Lipinski definition) is 3. The summed E-state index contributed by atoms with van der Waals surface area (Å²) >= 11 is -2.14. The third-order valence-corrected chi connectivity index (χ3v) is 5.12. The molecule has 2 aromatic heterocycles. The minimum absolute atomic E-state index is 0.177. The molecular weight excluding hydrogens is 378 g/mol. The molecule has 1 atom stereocenters. The van der Waals surface area contributed by atoms with Crippen molar-refractivity contribution in [1.29, 1.82) is 0 Å². The second-order valence-corrected chi connectivity index (χ2v) is 7.25. The Balaban J connectivity index is 2.10. The Kier molecular flexibility index (Phi) is 4.76. The molecule has 0 fully saturated rings. The maximum atomic E-state index is 11.3. The van der Waals surface area contributed by atoms with Gasteiger partial charge in [-0.3, -0.25) is 4.55 Å². The van der Waals surface area contributed by atoms with Gasteiger partial charge < -0.3 is 14.2 Å². The van der Waals surface area contributed by atoms with E-state index in [0.717, 1.165) is 39.1 Å². The van der Waals surface area contributed by atoms with Crippen molar-refractivity contribution in [3.05, 3.63) is 65.5 Å². The lowest BCUT2D eigenvalue weighted by Crippen LogP contribution is -2.16. The van der Waals surface area contributed by atoms with Gasteiger partial charge in [-0.2, -0.15) is 0 Å². The molecule has 1 unspecified atom stereocenters. The molecule has 0 aliphatic carbocycles. The van der Waals surface area contributed by atoms with Crippen molar-refractivity contribution in [2.75, 3.05) is 0 Å². The zero-order chi connectivity index (χ0) is 19.8. The van der Waals surface area contributed by atoms with E-state index in [2.05, 4.69) is 14.4 Å². The van der Waals surface area contributed by atoms with Gasteiger partial charge in [-0.05, 0) is 44.2 Å². The zero-order valence-electron chi connectivity index (χ0n) is 15.3. The molecule has 2 aromatic carbocycles. The summed E-state index contributed by atoms with van der Waals surface area (Å²) in [4.78, 5) is 0. The Labute approximate surface area is 164 Å². The van der Waals surface area contributed by atoms with E-state index < -0.39 is 11.3 Å². The highest BCUT2D eigenvalue weighted by Gasteiger charge is 2.24. The summed E-state index contributed by atoms with van der Waals surface area (Å²) in [5.74, 6) is 0.836. The van der Waals surface area contributed by atoms with Crippen molar-refractivity contribution in [1.82, 2.24) is 14.4 Å². The van der Waals surface area contributed by atoms with Crippen LogP contribution in [0.2, 0.25) is 0 Å². The van der Waals surface area contributed by atoms with Crippen molar-refractivity contribution in [3.63, 3.8) is 0 Å². The first-order valence-corrected chi connectivity index (χ1v) is 9.77. The number of aromatic nitrogens is 2. The molecule has 4 aromatic rings. The van der Waals surface area contributed by atoms with Gasteiger partial charge in [0, 0.05) is 23.2 Å². The summed E-state index contributed by atoms with van der Waals surface area (Å²) in [6.07, 6.45) is 0. The largest absolute Gasteiger partial charge is 0.508 e. The molecule has 3 N–H and O–H groups in total. The normalized spacial score (nSPS) is 12.5. The summed E-state index contributed by atoms with van der Waals surface area (Å²) in [5.41, 5.74) is 5.04. The first-order valence-electron chi connectivity index (χ1n) is 8.66. The summed E-state index contributed by atoms with van der Waals surface area (Å²) in [6, 6.07) is 14.7. The third-order valence-electron chi connectivity index (χ3n) is 4.73.